The molecular weight excluding hydrogens is 240 g/mol. The molecule has 1 aliphatic rings. The molecule has 0 saturated carbocycles. The maximum absolute atomic E-state index is 11.3. The first-order valence-electron chi connectivity index (χ1n) is 6.39. The molecule has 19 heavy (non-hydrogen) atoms. The molecule has 1 aliphatic heterocycles. The van der Waals surface area contributed by atoms with Gasteiger partial charge in [-0.15, -0.1) is 0 Å². The van der Waals surface area contributed by atoms with E-state index in [1.54, 1.807) is 6.92 Å². The Morgan fingerprint density at radius 2 is 2.05 bits per heavy atom. The topological polar surface area (TPSA) is 73.4 Å². The third-order valence-corrected chi connectivity index (χ3v) is 3.48. The van der Waals surface area contributed by atoms with Gasteiger partial charge in [-0.05, 0) is 17.7 Å². The SMILES string of the molecule is CC(=O)N1CCN(c2ccc(CN)cc2C#N)CC1. The van der Waals surface area contributed by atoms with E-state index in [2.05, 4.69) is 11.0 Å². The number of nitrogens with two attached hydrogens (primary N) is 1. The molecule has 0 radical (unpaired) electrons. The monoisotopic (exact) mass is 258 g/mol. The van der Waals surface area contributed by atoms with Gasteiger partial charge >= 0.3 is 0 Å². The first kappa shape index (κ1) is 13.4. The van der Waals surface area contributed by atoms with Gasteiger partial charge in [-0.2, -0.15) is 5.26 Å². The van der Waals surface area contributed by atoms with Gasteiger partial charge < -0.3 is 15.5 Å². The second-order valence-corrected chi connectivity index (χ2v) is 4.66. The summed E-state index contributed by atoms with van der Waals surface area (Å²) in [4.78, 5) is 15.3. The van der Waals surface area contributed by atoms with Crippen LogP contribution in [0.5, 0.6) is 0 Å². The Morgan fingerprint density at radius 1 is 1.37 bits per heavy atom. The molecule has 5 heteroatoms. The second-order valence-electron chi connectivity index (χ2n) is 4.66. The highest BCUT2D eigenvalue weighted by Crippen LogP contribution is 2.22. The van der Waals surface area contributed by atoms with Crippen LogP contribution in [0.15, 0.2) is 18.2 Å². The number of anilines is 1. The van der Waals surface area contributed by atoms with E-state index < -0.39 is 0 Å². The first-order chi connectivity index (χ1) is 9.15. The number of carbonyl (C=O) groups excluding carboxylic acids is 1. The fourth-order valence-corrected chi connectivity index (χ4v) is 2.34. The molecule has 0 bridgehead atoms. The van der Waals surface area contributed by atoms with Gasteiger partial charge in [-0.1, -0.05) is 6.07 Å². The largest absolute Gasteiger partial charge is 0.367 e. The van der Waals surface area contributed by atoms with Crippen LogP contribution in [0.2, 0.25) is 0 Å². The van der Waals surface area contributed by atoms with E-state index in [-0.39, 0.29) is 5.91 Å². The van der Waals surface area contributed by atoms with Gasteiger partial charge in [0.05, 0.1) is 11.3 Å². The predicted molar refractivity (Wildman–Crippen MR) is 73.5 cm³/mol. The van der Waals surface area contributed by atoms with Crippen molar-refractivity contribution in [1.82, 2.24) is 4.90 Å². The standard InChI is InChI=1S/C14H18N4O/c1-11(19)17-4-6-18(7-5-17)14-3-2-12(9-15)8-13(14)10-16/h2-3,8H,4-7,9,15H2,1H3. The number of nitrogens with zero attached hydrogens (tertiary/aromatic N) is 3. The normalized spacial score (nSPS) is 15.2. The van der Waals surface area contributed by atoms with Crippen LogP contribution in [-0.4, -0.2) is 37.0 Å². The van der Waals surface area contributed by atoms with Crippen LogP contribution in [0, 0.1) is 11.3 Å². The third-order valence-electron chi connectivity index (χ3n) is 3.48. The Hall–Kier alpha value is -2.06. The van der Waals surface area contributed by atoms with E-state index in [1.165, 1.54) is 0 Å². The Morgan fingerprint density at radius 3 is 2.58 bits per heavy atom. The lowest BCUT2D eigenvalue weighted by Gasteiger charge is -2.36. The van der Waals surface area contributed by atoms with E-state index in [4.69, 9.17) is 5.73 Å². The summed E-state index contributed by atoms with van der Waals surface area (Å²) >= 11 is 0. The molecule has 1 aromatic carbocycles. The van der Waals surface area contributed by atoms with Crippen LogP contribution in [-0.2, 0) is 11.3 Å². The van der Waals surface area contributed by atoms with Gasteiger partial charge in [-0.3, -0.25) is 4.79 Å². The summed E-state index contributed by atoms with van der Waals surface area (Å²) in [5.41, 5.74) is 8.13. The Labute approximate surface area is 113 Å². The summed E-state index contributed by atoms with van der Waals surface area (Å²) < 4.78 is 0. The lowest BCUT2D eigenvalue weighted by atomic mass is 10.1. The van der Waals surface area contributed by atoms with Crippen molar-refractivity contribution in [3.8, 4) is 6.07 Å². The van der Waals surface area contributed by atoms with Crippen molar-refractivity contribution in [1.29, 1.82) is 5.26 Å². The Kier molecular flexibility index (Phi) is 4.03. The molecule has 1 saturated heterocycles. The summed E-state index contributed by atoms with van der Waals surface area (Å²) in [6.07, 6.45) is 0. The van der Waals surface area contributed by atoms with E-state index in [9.17, 15) is 10.1 Å². The maximum atomic E-state index is 11.3. The minimum Gasteiger partial charge on any atom is -0.367 e. The maximum Gasteiger partial charge on any atom is 0.219 e. The molecule has 1 amide bonds. The summed E-state index contributed by atoms with van der Waals surface area (Å²) in [6.45, 7) is 4.96. The predicted octanol–water partition coefficient (Wildman–Crippen LogP) is 0.685. The molecule has 1 heterocycles. The zero-order valence-electron chi connectivity index (χ0n) is 11.1. The van der Waals surface area contributed by atoms with Gasteiger partial charge in [-0.25, -0.2) is 0 Å². The minimum absolute atomic E-state index is 0.110. The average Bonchev–Trinajstić information content (AvgIpc) is 2.46. The number of hydrogen-bond donors (Lipinski definition) is 1. The van der Waals surface area contributed by atoms with Gasteiger partial charge in [0.25, 0.3) is 0 Å². The van der Waals surface area contributed by atoms with E-state index >= 15 is 0 Å². The highest BCUT2D eigenvalue weighted by Gasteiger charge is 2.20. The van der Waals surface area contributed by atoms with Crippen molar-refractivity contribution < 1.29 is 4.79 Å². The lowest BCUT2D eigenvalue weighted by molar-refractivity contribution is -0.129. The molecule has 0 spiro atoms. The van der Waals surface area contributed by atoms with E-state index in [0.29, 0.717) is 25.2 Å². The lowest BCUT2D eigenvalue weighted by Crippen LogP contribution is -2.48. The van der Waals surface area contributed by atoms with Crippen LogP contribution >= 0.6 is 0 Å². The van der Waals surface area contributed by atoms with Crippen LogP contribution in [0.25, 0.3) is 0 Å². The second kappa shape index (κ2) is 5.72. The zero-order chi connectivity index (χ0) is 13.8. The van der Waals surface area contributed by atoms with Crippen molar-refractivity contribution in [3.05, 3.63) is 29.3 Å². The van der Waals surface area contributed by atoms with Crippen LogP contribution in [0.4, 0.5) is 5.69 Å². The number of benzene rings is 1. The smallest absolute Gasteiger partial charge is 0.219 e. The van der Waals surface area contributed by atoms with Crippen molar-refractivity contribution in [2.75, 3.05) is 31.1 Å². The van der Waals surface area contributed by atoms with Crippen molar-refractivity contribution in [3.63, 3.8) is 0 Å². The van der Waals surface area contributed by atoms with E-state index in [1.807, 2.05) is 23.1 Å². The summed E-state index contributed by atoms with van der Waals surface area (Å²) in [5.74, 6) is 0.110. The fourth-order valence-electron chi connectivity index (χ4n) is 2.34. The van der Waals surface area contributed by atoms with E-state index in [0.717, 1.165) is 24.3 Å². The minimum atomic E-state index is 0.110. The van der Waals surface area contributed by atoms with Crippen LogP contribution in [0.1, 0.15) is 18.1 Å². The molecule has 100 valence electrons. The highest BCUT2D eigenvalue weighted by molar-refractivity contribution is 5.73. The summed E-state index contributed by atoms with van der Waals surface area (Å²) in [5, 5.41) is 9.23. The molecule has 0 unspecified atom stereocenters. The molecule has 2 rings (SSSR count). The number of amides is 1. The number of piperazine rings is 1. The molecule has 0 aliphatic carbocycles. The van der Waals surface area contributed by atoms with Gasteiger partial charge in [0.1, 0.15) is 6.07 Å². The number of rotatable bonds is 2. The molecular formula is C14H18N4O. The molecule has 5 nitrogen and oxygen atoms in total. The third kappa shape index (κ3) is 2.85. The van der Waals surface area contributed by atoms with Gasteiger partial charge in [0, 0.05) is 39.6 Å². The van der Waals surface area contributed by atoms with Crippen molar-refractivity contribution >= 4 is 11.6 Å². The Bertz CT molecular complexity index is 513. The number of hydrogen-bond acceptors (Lipinski definition) is 4. The van der Waals surface area contributed by atoms with Crippen LogP contribution in [0.3, 0.4) is 0 Å². The van der Waals surface area contributed by atoms with Crippen LogP contribution < -0.4 is 10.6 Å². The number of carbonyl (C=O) groups is 1. The summed E-state index contributed by atoms with van der Waals surface area (Å²) in [6, 6.07) is 7.96. The molecule has 1 fully saturated rings. The summed E-state index contributed by atoms with van der Waals surface area (Å²) in [7, 11) is 0. The molecule has 0 atom stereocenters. The first-order valence-corrected chi connectivity index (χ1v) is 6.39. The fraction of sp³-hybridized carbons (Fsp3) is 0.429. The average molecular weight is 258 g/mol. The molecule has 2 N–H and O–H groups in total. The molecule has 0 aromatic heterocycles. The molecule has 1 aromatic rings. The van der Waals surface area contributed by atoms with Crippen molar-refractivity contribution in [2.45, 2.75) is 13.5 Å². The zero-order valence-corrected chi connectivity index (χ0v) is 11.1. The van der Waals surface area contributed by atoms with Crippen molar-refractivity contribution in [2.24, 2.45) is 5.73 Å². The quantitative estimate of drug-likeness (QED) is 0.847. The van der Waals surface area contributed by atoms with Gasteiger partial charge in [0.2, 0.25) is 5.91 Å². The highest BCUT2D eigenvalue weighted by atomic mass is 16.2. The number of nitriles is 1. The Balaban J connectivity index is 2.15. The van der Waals surface area contributed by atoms with Gasteiger partial charge in [0.15, 0.2) is 0 Å².